The molecule has 0 aliphatic rings. The van der Waals surface area contributed by atoms with Crippen molar-refractivity contribution < 1.29 is 19.1 Å². The number of nitrogens with one attached hydrogen (secondary N) is 1. The number of halogens is 1. The first-order valence-corrected chi connectivity index (χ1v) is 11.7. The van der Waals surface area contributed by atoms with E-state index in [1.54, 1.807) is 30.0 Å². The largest absolute Gasteiger partial charge is 0.492 e. The summed E-state index contributed by atoms with van der Waals surface area (Å²) in [6.45, 7) is 7.61. The summed E-state index contributed by atoms with van der Waals surface area (Å²) in [5, 5.41) is 3.02. The Morgan fingerprint density at radius 2 is 1.88 bits per heavy atom. The second-order valence-corrected chi connectivity index (χ2v) is 8.81. The first-order valence-electron chi connectivity index (χ1n) is 10.5. The second-order valence-electron chi connectivity index (χ2n) is 7.57. The molecule has 0 heterocycles. The van der Waals surface area contributed by atoms with E-state index in [1.807, 2.05) is 30.3 Å². The van der Waals surface area contributed by atoms with Gasteiger partial charge in [-0.3, -0.25) is 14.9 Å². The molecule has 1 amide bonds. The van der Waals surface area contributed by atoms with Crippen LogP contribution >= 0.6 is 28.1 Å². The molecule has 1 N–H and O–H groups in total. The molecule has 0 aliphatic heterocycles. The van der Waals surface area contributed by atoms with Crippen LogP contribution in [0, 0.1) is 5.92 Å². The number of thiocarbonyl (C=S) groups is 1. The minimum Gasteiger partial charge on any atom is -0.492 e. The fourth-order valence-electron chi connectivity index (χ4n) is 2.78. The van der Waals surface area contributed by atoms with Crippen molar-refractivity contribution in [1.82, 2.24) is 10.2 Å². The summed E-state index contributed by atoms with van der Waals surface area (Å²) in [4.78, 5) is 26.4. The van der Waals surface area contributed by atoms with Gasteiger partial charge in [-0.05, 0) is 64.8 Å². The molecular formula is C24H29BrN2O4S. The summed E-state index contributed by atoms with van der Waals surface area (Å²) >= 11 is 8.96. The van der Waals surface area contributed by atoms with Crippen LogP contribution in [0.2, 0.25) is 0 Å². The monoisotopic (exact) mass is 520 g/mol. The molecule has 0 aromatic heterocycles. The zero-order valence-electron chi connectivity index (χ0n) is 18.6. The van der Waals surface area contributed by atoms with E-state index in [-0.39, 0.29) is 23.4 Å². The SMILES string of the molecule is CCOC(=O)CCN(Cc1ccccc1)C(=S)NC(=O)c1ccc(OCC(C)C)c(Br)c1. The highest BCUT2D eigenvalue weighted by molar-refractivity contribution is 9.10. The average Bonchev–Trinajstić information content (AvgIpc) is 2.76. The summed E-state index contributed by atoms with van der Waals surface area (Å²) in [6.07, 6.45) is 0.171. The lowest BCUT2D eigenvalue weighted by molar-refractivity contribution is -0.143. The van der Waals surface area contributed by atoms with E-state index in [4.69, 9.17) is 21.7 Å². The lowest BCUT2D eigenvalue weighted by Crippen LogP contribution is -2.43. The van der Waals surface area contributed by atoms with E-state index < -0.39 is 0 Å². The fraction of sp³-hybridized carbons (Fsp3) is 0.375. The molecule has 32 heavy (non-hydrogen) atoms. The van der Waals surface area contributed by atoms with E-state index in [1.165, 1.54) is 0 Å². The predicted molar refractivity (Wildman–Crippen MR) is 133 cm³/mol. The molecule has 2 aromatic rings. The first kappa shape index (κ1) is 25.8. The average molecular weight is 521 g/mol. The van der Waals surface area contributed by atoms with Crippen LogP contribution in [-0.2, 0) is 16.1 Å². The van der Waals surface area contributed by atoms with E-state index in [9.17, 15) is 9.59 Å². The quantitative estimate of drug-likeness (QED) is 0.353. The minimum atomic E-state index is -0.333. The van der Waals surface area contributed by atoms with Gasteiger partial charge in [-0.25, -0.2) is 0 Å². The van der Waals surface area contributed by atoms with Crippen LogP contribution in [0.3, 0.4) is 0 Å². The standard InChI is InChI=1S/C24H29BrN2O4S/c1-4-30-22(28)12-13-27(15-18-8-6-5-7-9-18)24(32)26-23(29)19-10-11-21(20(25)14-19)31-16-17(2)3/h5-11,14,17H,4,12-13,15-16H2,1-3H3,(H,26,29,32). The molecular weight excluding hydrogens is 492 g/mol. The zero-order valence-corrected chi connectivity index (χ0v) is 21.0. The van der Waals surface area contributed by atoms with Crippen molar-refractivity contribution in [2.45, 2.75) is 33.7 Å². The van der Waals surface area contributed by atoms with Crippen LogP contribution in [0.15, 0.2) is 53.0 Å². The number of esters is 1. The van der Waals surface area contributed by atoms with Gasteiger partial charge in [0.2, 0.25) is 0 Å². The highest BCUT2D eigenvalue weighted by Gasteiger charge is 2.17. The Bertz CT molecular complexity index is 921. The third-order valence-corrected chi connectivity index (χ3v) is 5.36. The number of benzene rings is 2. The van der Waals surface area contributed by atoms with Crippen molar-refractivity contribution >= 4 is 45.1 Å². The van der Waals surface area contributed by atoms with Crippen LogP contribution in [0.1, 0.15) is 43.1 Å². The Hall–Kier alpha value is -2.45. The van der Waals surface area contributed by atoms with Gasteiger partial charge < -0.3 is 14.4 Å². The van der Waals surface area contributed by atoms with Gasteiger partial charge >= 0.3 is 5.97 Å². The Morgan fingerprint density at radius 1 is 1.16 bits per heavy atom. The highest BCUT2D eigenvalue weighted by atomic mass is 79.9. The van der Waals surface area contributed by atoms with Crippen LogP contribution in [0.5, 0.6) is 5.75 Å². The Labute approximate surface area is 203 Å². The molecule has 2 rings (SSSR count). The second kappa shape index (κ2) is 13.2. The molecule has 0 aliphatic carbocycles. The Kier molecular flexibility index (Phi) is 10.6. The summed E-state index contributed by atoms with van der Waals surface area (Å²) in [7, 11) is 0. The van der Waals surface area contributed by atoms with Crippen molar-refractivity contribution in [3.05, 3.63) is 64.1 Å². The molecule has 2 aromatic carbocycles. The maximum absolute atomic E-state index is 12.8. The number of hydrogen-bond donors (Lipinski definition) is 1. The van der Waals surface area contributed by atoms with E-state index in [0.717, 1.165) is 5.56 Å². The van der Waals surface area contributed by atoms with Gasteiger partial charge in [0.05, 0.1) is 24.1 Å². The number of hydrogen-bond acceptors (Lipinski definition) is 5. The molecule has 0 saturated carbocycles. The number of ether oxygens (including phenoxy) is 2. The van der Waals surface area contributed by atoms with E-state index in [0.29, 0.717) is 48.0 Å². The zero-order chi connectivity index (χ0) is 23.5. The van der Waals surface area contributed by atoms with Gasteiger partial charge in [-0.15, -0.1) is 0 Å². The summed E-state index contributed by atoms with van der Waals surface area (Å²) in [6, 6.07) is 14.9. The molecule has 172 valence electrons. The number of amides is 1. The van der Waals surface area contributed by atoms with Gasteiger partial charge in [-0.2, -0.15) is 0 Å². The van der Waals surface area contributed by atoms with Crippen LogP contribution < -0.4 is 10.1 Å². The van der Waals surface area contributed by atoms with Crippen LogP contribution in [-0.4, -0.2) is 41.6 Å². The van der Waals surface area contributed by atoms with Gasteiger partial charge in [0, 0.05) is 18.7 Å². The number of rotatable bonds is 10. The molecule has 0 radical (unpaired) electrons. The van der Waals surface area contributed by atoms with Gasteiger partial charge in [0.25, 0.3) is 5.91 Å². The topological polar surface area (TPSA) is 67.9 Å². The van der Waals surface area contributed by atoms with Crippen molar-refractivity contribution in [1.29, 1.82) is 0 Å². The molecule has 0 bridgehead atoms. The van der Waals surface area contributed by atoms with Crippen molar-refractivity contribution in [2.24, 2.45) is 5.92 Å². The molecule has 0 spiro atoms. The molecule has 0 fully saturated rings. The third kappa shape index (κ3) is 8.59. The summed E-state index contributed by atoms with van der Waals surface area (Å²) < 4.78 is 11.4. The number of carbonyl (C=O) groups excluding carboxylic acids is 2. The van der Waals surface area contributed by atoms with Gasteiger partial charge in [0.15, 0.2) is 5.11 Å². The van der Waals surface area contributed by atoms with Crippen LogP contribution in [0.4, 0.5) is 0 Å². The Morgan fingerprint density at radius 3 is 2.50 bits per heavy atom. The minimum absolute atomic E-state index is 0.171. The maximum atomic E-state index is 12.8. The molecule has 0 saturated heterocycles. The number of nitrogens with zero attached hydrogens (tertiary/aromatic N) is 1. The van der Waals surface area contributed by atoms with Gasteiger partial charge in [0.1, 0.15) is 5.75 Å². The lowest BCUT2D eigenvalue weighted by Gasteiger charge is -2.25. The van der Waals surface area contributed by atoms with E-state index >= 15 is 0 Å². The van der Waals surface area contributed by atoms with E-state index in [2.05, 4.69) is 35.1 Å². The smallest absolute Gasteiger partial charge is 0.307 e. The van der Waals surface area contributed by atoms with Gasteiger partial charge in [-0.1, -0.05) is 44.2 Å². The fourth-order valence-corrected chi connectivity index (χ4v) is 3.52. The predicted octanol–water partition coefficient (Wildman–Crippen LogP) is 4.95. The van der Waals surface area contributed by atoms with Crippen LogP contribution in [0.25, 0.3) is 0 Å². The molecule has 6 nitrogen and oxygen atoms in total. The maximum Gasteiger partial charge on any atom is 0.307 e. The lowest BCUT2D eigenvalue weighted by atomic mass is 10.2. The van der Waals surface area contributed by atoms with Crippen molar-refractivity contribution in [2.75, 3.05) is 19.8 Å². The first-order chi connectivity index (χ1) is 15.3. The van der Waals surface area contributed by atoms with Crippen molar-refractivity contribution in [3.63, 3.8) is 0 Å². The van der Waals surface area contributed by atoms with Crippen molar-refractivity contribution in [3.8, 4) is 5.75 Å². The summed E-state index contributed by atoms with van der Waals surface area (Å²) in [5.41, 5.74) is 1.46. The number of carbonyl (C=O) groups is 2. The Balaban J connectivity index is 2.07. The highest BCUT2D eigenvalue weighted by Crippen LogP contribution is 2.26. The molecule has 8 heteroatoms. The molecule has 0 unspecified atom stereocenters. The third-order valence-electron chi connectivity index (χ3n) is 4.38. The molecule has 0 atom stereocenters. The summed E-state index contributed by atoms with van der Waals surface area (Å²) in [5.74, 6) is 0.436. The normalized spacial score (nSPS) is 10.5.